The number of carboxylic acid groups (broad SMARTS) is 1. The Morgan fingerprint density at radius 1 is 1.13 bits per heavy atom. The van der Waals surface area contributed by atoms with E-state index in [0.717, 1.165) is 5.56 Å². The summed E-state index contributed by atoms with van der Waals surface area (Å²) in [7, 11) is 0. The standard InChI is InChI=1S/C15H13Cl2N3O3/c16-10-7-18-8-11(17)13(10)14(21)20-19-12(15(22)23)6-9-4-2-1-3-5-9/h1-5,7-8,12,19H,6H2,(H,20,21)(H,22,23)/t12-/m0/s1. The molecule has 6 nitrogen and oxygen atoms in total. The lowest BCUT2D eigenvalue weighted by Gasteiger charge is -2.16. The van der Waals surface area contributed by atoms with Crippen molar-refractivity contribution in [1.82, 2.24) is 15.8 Å². The zero-order valence-electron chi connectivity index (χ0n) is 11.8. The number of aliphatic carboxylic acids is 1. The number of pyridine rings is 1. The maximum absolute atomic E-state index is 12.1. The number of nitrogens with one attached hydrogen (secondary N) is 2. The number of rotatable bonds is 6. The molecule has 23 heavy (non-hydrogen) atoms. The van der Waals surface area contributed by atoms with Gasteiger partial charge in [0.2, 0.25) is 0 Å². The van der Waals surface area contributed by atoms with Crippen LogP contribution in [0.15, 0.2) is 42.7 Å². The highest BCUT2D eigenvalue weighted by Gasteiger charge is 2.20. The van der Waals surface area contributed by atoms with Crippen molar-refractivity contribution in [2.24, 2.45) is 0 Å². The first-order valence-corrected chi connectivity index (χ1v) is 7.36. The molecule has 0 radical (unpaired) electrons. The summed E-state index contributed by atoms with van der Waals surface area (Å²) in [4.78, 5) is 27.2. The van der Waals surface area contributed by atoms with Gasteiger partial charge in [-0.25, -0.2) is 5.43 Å². The second-order valence-electron chi connectivity index (χ2n) is 4.66. The van der Waals surface area contributed by atoms with E-state index < -0.39 is 17.9 Å². The molecule has 0 bridgehead atoms. The highest BCUT2D eigenvalue weighted by atomic mass is 35.5. The Hall–Kier alpha value is -2.15. The average molecular weight is 354 g/mol. The molecule has 0 saturated heterocycles. The van der Waals surface area contributed by atoms with Crippen LogP contribution in [0.5, 0.6) is 0 Å². The van der Waals surface area contributed by atoms with Crippen molar-refractivity contribution >= 4 is 35.1 Å². The molecule has 1 amide bonds. The Labute approximate surface area is 142 Å². The summed E-state index contributed by atoms with van der Waals surface area (Å²) in [5.41, 5.74) is 5.65. The van der Waals surface area contributed by atoms with Gasteiger partial charge in [0.05, 0.1) is 15.6 Å². The number of hydrazine groups is 1. The molecule has 1 heterocycles. The lowest BCUT2D eigenvalue weighted by Crippen LogP contribution is -2.49. The summed E-state index contributed by atoms with van der Waals surface area (Å²) in [6.45, 7) is 0. The number of hydrogen-bond donors (Lipinski definition) is 3. The van der Waals surface area contributed by atoms with Crippen molar-refractivity contribution in [2.75, 3.05) is 0 Å². The highest BCUT2D eigenvalue weighted by Crippen LogP contribution is 2.22. The van der Waals surface area contributed by atoms with Crippen LogP contribution in [0, 0.1) is 0 Å². The number of benzene rings is 1. The van der Waals surface area contributed by atoms with Crippen LogP contribution < -0.4 is 10.9 Å². The molecular weight excluding hydrogens is 341 g/mol. The van der Waals surface area contributed by atoms with Crippen LogP contribution in [-0.4, -0.2) is 28.0 Å². The van der Waals surface area contributed by atoms with Crippen molar-refractivity contribution in [1.29, 1.82) is 0 Å². The quantitative estimate of drug-likeness (QED) is 0.693. The molecule has 0 unspecified atom stereocenters. The summed E-state index contributed by atoms with van der Waals surface area (Å²) < 4.78 is 0. The molecule has 8 heteroatoms. The summed E-state index contributed by atoms with van der Waals surface area (Å²) in [5.74, 6) is -1.73. The topological polar surface area (TPSA) is 91.3 Å². The lowest BCUT2D eigenvalue weighted by molar-refractivity contribution is -0.139. The van der Waals surface area contributed by atoms with Crippen LogP contribution in [0.1, 0.15) is 15.9 Å². The van der Waals surface area contributed by atoms with E-state index in [1.165, 1.54) is 12.4 Å². The van der Waals surface area contributed by atoms with E-state index in [2.05, 4.69) is 15.8 Å². The molecular formula is C15H13Cl2N3O3. The highest BCUT2D eigenvalue weighted by molar-refractivity contribution is 6.39. The van der Waals surface area contributed by atoms with E-state index in [4.69, 9.17) is 23.2 Å². The van der Waals surface area contributed by atoms with Gasteiger partial charge in [0, 0.05) is 18.8 Å². The van der Waals surface area contributed by atoms with Gasteiger partial charge in [-0.3, -0.25) is 20.0 Å². The van der Waals surface area contributed by atoms with Crippen LogP contribution in [-0.2, 0) is 11.2 Å². The minimum atomic E-state index is -1.10. The normalized spacial score (nSPS) is 11.7. The number of aromatic nitrogens is 1. The number of amides is 1. The lowest BCUT2D eigenvalue weighted by atomic mass is 10.1. The monoisotopic (exact) mass is 353 g/mol. The third-order valence-corrected chi connectivity index (χ3v) is 3.59. The Morgan fingerprint density at radius 2 is 1.74 bits per heavy atom. The molecule has 0 spiro atoms. The van der Waals surface area contributed by atoms with Crippen LogP contribution in [0.25, 0.3) is 0 Å². The minimum absolute atomic E-state index is 0.0275. The number of halogens is 2. The molecule has 0 aliphatic rings. The van der Waals surface area contributed by atoms with E-state index in [0.29, 0.717) is 0 Å². The maximum Gasteiger partial charge on any atom is 0.322 e. The van der Waals surface area contributed by atoms with Crippen molar-refractivity contribution in [2.45, 2.75) is 12.5 Å². The Kier molecular flexibility index (Phi) is 5.92. The van der Waals surface area contributed by atoms with Gasteiger partial charge in [-0.15, -0.1) is 0 Å². The molecule has 1 aromatic heterocycles. The SMILES string of the molecule is O=C(NN[C@@H](Cc1ccccc1)C(=O)O)c1c(Cl)cncc1Cl. The zero-order chi connectivity index (χ0) is 16.8. The summed E-state index contributed by atoms with van der Waals surface area (Å²) in [6.07, 6.45) is 2.76. The van der Waals surface area contributed by atoms with Crippen molar-refractivity contribution < 1.29 is 14.7 Å². The number of nitrogens with zero attached hydrogens (tertiary/aromatic N) is 1. The summed E-state index contributed by atoms with van der Waals surface area (Å²) in [5, 5.41) is 9.40. The van der Waals surface area contributed by atoms with E-state index in [-0.39, 0.29) is 22.0 Å². The van der Waals surface area contributed by atoms with Crippen molar-refractivity contribution in [3.63, 3.8) is 0 Å². The number of carbonyl (C=O) groups is 2. The second-order valence-corrected chi connectivity index (χ2v) is 5.47. The fourth-order valence-corrected chi connectivity index (χ4v) is 2.43. The van der Waals surface area contributed by atoms with Gasteiger partial charge in [0.25, 0.3) is 5.91 Å². The second kappa shape index (κ2) is 7.92. The van der Waals surface area contributed by atoms with Gasteiger partial charge in [-0.2, -0.15) is 0 Å². The summed E-state index contributed by atoms with van der Waals surface area (Å²) >= 11 is 11.8. The van der Waals surface area contributed by atoms with Crippen LogP contribution in [0.3, 0.4) is 0 Å². The van der Waals surface area contributed by atoms with E-state index in [1.54, 1.807) is 12.1 Å². The molecule has 0 fully saturated rings. The van der Waals surface area contributed by atoms with Gasteiger partial charge < -0.3 is 5.11 Å². The first-order chi connectivity index (χ1) is 11.0. The van der Waals surface area contributed by atoms with Crippen LogP contribution in [0.2, 0.25) is 10.0 Å². The molecule has 3 N–H and O–H groups in total. The number of carbonyl (C=O) groups excluding carboxylic acids is 1. The number of hydrogen-bond acceptors (Lipinski definition) is 4. The predicted molar refractivity (Wildman–Crippen MR) is 86.4 cm³/mol. The molecule has 120 valence electrons. The van der Waals surface area contributed by atoms with Gasteiger partial charge in [0.15, 0.2) is 0 Å². The third kappa shape index (κ3) is 4.66. The fourth-order valence-electron chi connectivity index (χ4n) is 1.89. The average Bonchev–Trinajstić information content (AvgIpc) is 2.52. The first kappa shape index (κ1) is 17.2. The van der Waals surface area contributed by atoms with Gasteiger partial charge in [-0.05, 0) is 5.56 Å². The van der Waals surface area contributed by atoms with Gasteiger partial charge >= 0.3 is 5.97 Å². The minimum Gasteiger partial charge on any atom is -0.480 e. The molecule has 0 saturated carbocycles. The Morgan fingerprint density at radius 3 is 2.30 bits per heavy atom. The molecule has 1 atom stereocenters. The van der Waals surface area contributed by atoms with Crippen LogP contribution in [0.4, 0.5) is 0 Å². The Balaban J connectivity index is 2.04. The van der Waals surface area contributed by atoms with Crippen LogP contribution >= 0.6 is 23.2 Å². The first-order valence-electron chi connectivity index (χ1n) is 6.60. The van der Waals surface area contributed by atoms with Crippen molar-refractivity contribution in [3.05, 3.63) is 63.9 Å². The third-order valence-electron chi connectivity index (χ3n) is 3.02. The smallest absolute Gasteiger partial charge is 0.322 e. The van der Waals surface area contributed by atoms with E-state index in [9.17, 15) is 14.7 Å². The molecule has 2 rings (SSSR count). The molecule has 2 aromatic rings. The number of carboxylic acids is 1. The van der Waals surface area contributed by atoms with E-state index >= 15 is 0 Å². The maximum atomic E-state index is 12.1. The Bertz CT molecular complexity index is 690. The van der Waals surface area contributed by atoms with Crippen molar-refractivity contribution in [3.8, 4) is 0 Å². The largest absolute Gasteiger partial charge is 0.480 e. The predicted octanol–water partition coefficient (Wildman–Crippen LogP) is 2.32. The van der Waals surface area contributed by atoms with Gasteiger partial charge in [0.1, 0.15) is 6.04 Å². The molecule has 0 aliphatic carbocycles. The van der Waals surface area contributed by atoms with E-state index in [1.807, 2.05) is 18.2 Å². The molecule has 0 aliphatic heterocycles. The zero-order valence-corrected chi connectivity index (χ0v) is 13.3. The van der Waals surface area contributed by atoms with Gasteiger partial charge in [-0.1, -0.05) is 53.5 Å². The fraction of sp³-hybridized carbons (Fsp3) is 0.133. The molecule has 1 aromatic carbocycles. The summed E-state index contributed by atoms with van der Waals surface area (Å²) in [6, 6.07) is 8.06.